The van der Waals surface area contributed by atoms with Gasteiger partial charge in [-0.2, -0.15) is 0 Å². The Morgan fingerprint density at radius 2 is 1.92 bits per heavy atom. The fraction of sp³-hybridized carbons (Fsp3) is 0.778. The molecular weight excluding hydrogens is 190 g/mol. The molecule has 76 valence electrons. The maximum Gasteiger partial charge on any atom is 0.219 e. The zero-order chi connectivity index (χ0) is 10.4. The molecule has 0 aromatic rings. The number of ketones is 1. The summed E-state index contributed by atoms with van der Waals surface area (Å²) in [5.41, 5.74) is 0. The van der Waals surface area contributed by atoms with Crippen molar-refractivity contribution in [1.82, 2.24) is 4.90 Å². The van der Waals surface area contributed by atoms with Gasteiger partial charge < -0.3 is 4.90 Å². The SMILES string of the molecule is CC(=O)N(CCC(=O)CCl)C(C)C. The van der Waals surface area contributed by atoms with E-state index in [1.54, 1.807) is 4.90 Å². The number of alkyl halides is 1. The highest BCUT2D eigenvalue weighted by Crippen LogP contribution is 2.01. The molecule has 0 aliphatic rings. The van der Waals surface area contributed by atoms with Crippen LogP contribution in [0.5, 0.6) is 0 Å². The molecule has 0 bridgehead atoms. The van der Waals surface area contributed by atoms with E-state index in [9.17, 15) is 9.59 Å². The summed E-state index contributed by atoms with van der Waals surface area (Å²) in [5.74, 6) is 0.00931. The van der Waals surface area contributed by atoms with Crippen LogP contribution in [0, 0.1) is 0 Å². The normalized spacial score (nSPS) is 10.2. The van der Waals surface area contributed by atoms with Crippen molar-refractivity contribution in [2.75, 3.05) is 12.4 Å². The van der Waals surface area contributed by atoms with Crippen LogP contribution >= 0.6 is 11.6 Å². The third-order valence-electron chi connectivity index (χ3n) is 1.81. The molecule has 0 aliphatic heterocycles. The number of carbonyl (C=O) groups is 2. The van der Waals surface area contributed by atoms with Crippen molar-refractivity contribution in [2.24, 2.45) is 0 Å². The van der Waals surface area contributed by atoms with Crippen LogP contribution in [-0.4, -0.2) is 35.1 Å². The molecule has 0 aromatic heterocycles. The quantitative estimate of drug-likeness (QED) is 0.637. The lowest BCUT2D eigenvalue weighted by molar-refractivity contribution is -0.131. The minimum atomic E-state index is -0.0198. The van der Waals surface area contributed by atoms with Gasteiger partial charge in [0.1, 0.15) is 5.78 Å². The minimum Gasteiger partial charge on any atom is -0.340 e. The first-order valence-electron chi connectivity index (χ1n) is 4.34. The van der Waals surface area contributed by atoms with Gasteiger partial charge in [0.25, 0.3) is 0 Å². The molecule has 0 aromatic carbocycles. The van der Waals surface area contributed by atoms with Crippen LogP contribution in [0.15, 0.2) is 0 Å². The monoisotopic (exact) mass is 205 g/mol. The molecule has 0 saturated heterocycles. The maximum absolute atomic E-state index is 11.1. The van der Waals surface area contributed by atoms with Gasteiger partial charge in [-0.3, -0.25) is 9.59 Å². The van der Waals surface area contributed by atoms with Crippen LogP contribution in [0.25, 0.3) is 0 Å². The number of halogens is 1. The number of Topliss-reactive ketones (excluding diaryl/α,β-unsaturated/α-hetero) is 1. The van der Waals surface area contributed by atoms with Crippen LogP contribution in [0.2, 0.25) is 0 Å². The van der Waals surface area contributed by atoms with Gasteiger partial charge in [-0.25, -0.2) is 0 Å². The second-order valence-corrected chi connectivity index (χ2v) is 3.50. The predicted molar refractivity (Wildman–Crippen MR) is 52.9 cm³/mol. The molecule has 0 radical (unpaired) electrons. The molecule has 3 nitrogen and oxygen atoms in total. The average Bonchev–Trinajstić information content (AvgIpc) is 2.03. The van der Waals surface area contributed by atoms with Crippen LogP contribution in [0.4, 0.5) is 0 Å². The Balaban J connectivity index is 3.97. The predicted octanol–water partition coefficient (Wildman–Crippen LogP) is 1.44. The molecule has 0 N–H and O–H groups in total. The topological polar surface area (TPSA) is 37.4 Å². The molecule has 1 amide bonds. The van der Waals surface area contributed by atoms with Crippen molar-refractivity contribution in [3.63, 3.8) is 0 Å². The Morgan fingerprint density at radius 1 is 1.38 bits per heavy atom. The van der Waals surface area contributed by atoms with E-state index in [0.29, 0.717) is 13.0 Å². The van der Waals surface area contributed by atoms with Crippen LogP contribution in [0.3, 0.4) is 0 Å². The van der Waals surface area contributed by atoms with Crippen LogP contribution in [-0.2, 0) is 9.59 Å². The lowest BCUT2D eigenvalue weighted by Gasteiger charge is -2.24. The molecule has 0 saturated carbocycles. The molecule has 0 atom stereocenters. The Kier molecular flexibility index (Phi) is 5.71. The van der Waals surface area contributed by atoms with Gasteiger partial charge in [0.05, 0.1) is 5.88 Å². The number of amides is 1. The van der Waals surface area contributed by atoms with Gasteiger partial charge in [0.15, 0.2) is 0 Å². The summed E-state index contributed by atoms with van der Waals surface area (Å²) in [6.45, 7) is 5.82. The molecule has 0 rings (SSSR count). The number of nitrogens with zero attached hydrogens (tertiary/aromatic N) is 1. The molecular formula is C9H16ClNO2. The summed E-state index contributed by atoms with van der Waals surface area (Å²) in [7, 11) is 0. The molecule has 0 fully saturated rings. The maximum atomic E-state index is 11.1. The Hall–Kier alpha value is -0.570. The highest BCUT2D eigenvalue weighted by Gasteiger charge is 2.13. The van der Waals surface area contributed by atoms with Gasteiger partial charge in [0, 0.05) is 25.9 Å². The number of hydrogen-bond acceptors (Lipinski definition) is 2. The van der Waals surface area contributed by atoms with Crippen molar-refractivity contribution in [1.29, 1.82) is 0 Å². The van der Waals surface area contributed by atoms with E-state index in [2.05, 4.69) is 0 Å². The molecule has 4 heteroatoms. The highest BCUT2D eigenvalue weighted by atomic mass is 35.5. The van der Waals surface area contributed by atoms with E-state index in [4.69, 9.17) is 11.6 Å². The Labute approximate surface area is 84.0 Å². The van der Waals surface area contributed by atoms with Gasteiger partial charge in [-0.15, -0.1) is 11.6 Å². The van der Waals surface area contributed by atoms with E-state index in [-0.39, 0.29) is 23.6 Å². The first-order chi connectivity index (χ1) is 5.99. The highest BCUT2D eigenvalue weighted by molar-refractivity contribution is 6.27. The van der Waals surface area contributed by atoms with Gasteiger partial charge in [-0.05, 0) is 13.8 Å². The van der Waals surface area contributed by atoms with Crippen LogP contribution in [0.1, 0.15) is 27.2 Å². The lowest BCUT2D eigenvalue weighted by Crippen LogP contribution is -2.36. The van der Waals surface area contributed by atoms with Gasteiger partial charge >= 0.3 is 0 Å². The van der Waals surface area contributed by atoms with Crippen molar-refractivity contribution >= 4 is 23.3 Å². The molecule has 0 aliphatic carbocycles. The zero-order valence-corrected chi connectivity index (χ0v) is 9.10. The van der Waals surface area contributed by atoms with Gasteiger partial charge in [0.2, 0.25) is 5.91 Å². The van der Waals surface area contributed by atoms with E-state index < -0.39 is 0 Å². The standard InChI is InChI=1S/C9H16ClNO2/c1-7(2)11(8(3)12)5-4-9(13)6-10/h7H,4-6H2,1-3H3. The fourth-order valence-corrected chi connectivity index (χ4v) is 1.22. The van der Waals surface area contributed by atoms with Crippen molar-refractivity contribution in [3.05, 3.63) is 0 Å². The molecule has 0 heterocycles. The Bertz CT molecular complexity index is 192. The first kappa shape index (κ1) is 12.4. The Morgan fingerprint density at radius 3 is 2.23 bits per heavy atom. The van der Waals surface area contributed by atoms with Crippen molar-refractivity contribution in [2.45, 2.75) is 33.2 Å². The number of rotatable bonds is 5. The summed E-state index contributed by atoms with van der Waals surface area (Å²) in [4.78, 5) is 23.6. The van der Waals surface area contributed by atoms with Crippen molar-refractivity contribution in [3.8, 4) is 0 Å². The second-order valence-electron chi connectivity index (χ2n) is 3.23. The number of hydrogen-bond donors (Lipinski definition) is 0. The van der Waals surface area contributed by atoms with Crippen LogP contribution < -0.4 is 0 Å². The van der Waals surface area contributed by atoms with Crippen molar-refractivity contribution < 1.29 is 9.59 Å². The van der Waals surface area contributed by atoms with E-state index in [1.165, 1.54) is 6.92 Å². The summed E-state index contributed by atoms with van der Waals surface area (Å²) >= 11 is 5.34. The second kappa shape index (κ2) is 5.97. The fourth-order valence-electron chi connectivity index (χ4n) is 1.09. The minimum absolute atomic E-state index is 0.00243. The van der Waals surface area contributed by atoms with E-state index in [0.717, 1.165) is 0 Å². The summed E-state index contributed by atoms with van der Waals surface area (Å²) in [6, 6.07) is 0.139. The first-order valence-corrected chi connectivity index (χ1v) is 4.87. The third-order valence-corrected chi connectivity index (χ3v) is 2.11. The number of carbonyl (C=O) groups excluding carboxylic acids is 2. The molecule has 0 spiro atoms. The van der Waals surface area contributed by atoms with E-state index >= 15 is 0 Å². The molecule has 0 unspecified atom stereocenters. The molecule has 13 heavy (non-hydrogen) atoms. The third kappa shape index (κ3) is 4.88. The largest absolute Gasteiger partial charge is 0.340 e. The average molecular weight is 206 g/mol. The smallest absolute Gasteiger partial charge is 0.219 e. The zero-order valence-electron chi connectivity index (χ0n) is 8.34. The van der Waals surface area contributed by atoms with E-state index in [1.807, 2.05) is 13.8 Å². The summed E-state index contributed by atoms with van der Waals surface area (Å²) in [5, 5.41) is 0. The summed E-state index contributed by atoms with van der Waals surface area (Å²) in [6.07, 6.45) is 0.348. The summed E-state index contributed by atoms with van der Waals surface area (Å²) < 4.78 is 0. The lowest BCUT2D eigenvalue weighted by atomic mass is 10.2. The van der Waals surface area contributed by atoms with Gasteiger partial charge in [-0.1, -0.05) is 0 Å².